The average molecular weight is 182 g/mol. The van der Waals surface area contributed by atoms with Crippen molar-refractivity contribution < 1.29 is 9.59 Å². The Kier molecular flexibility index (Phi) is 2.31. The number of rotatable bonds is 1. The summed E-state index contributed by atoms with van der Waals surface area (Å²) in [5, 5.41) is 3.24. The lowest BCUT2D eigenvalue weighted by molar-refractivity contribution is -0.130. The number of ketones is 1. The first-order valence-electron chi connectivity index (χ1n) is 4.79. The van der Waals surface area contributed by atoms with Gasteiger partial charge < -0.3 is 10.2 Å². The maximum atomic E-state index is 11.4. The maximum absolute atomic E-state index is 11.4. The highest BCUT2D eigenvalue weighted by Crippen LogP contribution is 2.16. The highest BCUT2D eigenvalue weighted by Gasteiger charge is 2.33. The largest absolute Gasteiger partial charge is 0.331 e. The summed E-state index contributed by atoms with van der Waals surface area (Å²) in [6.45, 7) is 2.22. The highest BCUT2D eigenvalue weighted by atomic mass is 16.2. The molecule has 2 fully saturated rings. The van der Waals surface area contributed by atoms with Crippen LogP contribution in [0.2, 0.25) is 0 Å². The first-order chi connectivity index (χ1) is 6.27. The quantitative estimate of drug-likeness (QED) is 0.558. The van der Waals surface area contributed by atoms with Gasteiger partial charge in [-0.1, -0.05) is 0 Å². The molecule has 0 spiro atoms. The van der Waals surface area contributed by atoms with E-state index in [1.807, 2.05) is 0 Å². The molecule has 2 aliphatic rings. The summed E-state index contributed by atoms with van der Waals surface area (Å²) < 4.78 is 0. The van der Waals surface area contributed by atoms with Crippen molar-refractivity contribution in [2.75, 3.05) is 19.6 Å². The van der Waals surface area contributed by atoms with Crippen LogP contribution in [0.4, 0.5) is 0 Å². The van der Waals surface area contributed by atoms with Gasteiger partial charge in [-0.15, -0.1) is 0 Å². The molecule has 0 aromatic carbocycles. The summed E-state index contributed by atoms with van der Waals surface area (Å²) >= 11 is 0. The molecule has 1 N–H and O–H groups in total. The zero-order valence-electron chi connectivity index (χ0n) is 7.58. The van der Waals surface area contributed by atoms with Gasteiger partial charge in [0.2, 0.25) is 5.91 Å². The van der Waals surface area contributed by atoms with E-state index in [2.05, 4.69) is 5.32 Å². The Hall–Kier alpha value is -0.900. The molecular formula is C9H14N2O2. The van der Waals surface area contributed by atoms with Crippen LogP contribution in [0.15, 0.2) is 0 Å². The average Bonchev–Trinajstić information content (AvgIpc) is 2.47. The molecule has 2 aliphatic heterocycles. The predicted molar refractivity (Wildman–Crippen MR) is 47.2 cm³/mol. The second-order valence-electron chi connectivity index (χ2n) is 3.74. The molecule has 0 aliphatic carbocycles. The van der Waals surface area contributed by atoms with E-state index in [-0.39, 0.29) is 24.2 Å². The van der Waals surface area contributed by atoms with Gasteiger partial charge >= 0.3 is 0 Å². The SMILES string of the molecule is O=C1CC(=O)N(C2CCCNC2)C1. The molecule has 13 heavy (non-hydrogen) atoms. The van der Waals surface area contributed by atoms with Crippen molar-refractivity contribution >= 4 is 11.7 Å². The van der Waals surface area contributed by atoms with Gasteiger partial charge in [-0.2, -0.15) is 0 Å². The molecule has 2 rings (SSSR count). The van der Waals surface area contributed by atoms with Gasteiger partial charge in [0.1, 0.15) is 0 Å². The van der Waals surface area contributed by atoms with Crippen LogP contribution in [0.3, 0.4) is 0 Å². The van der Waals surface area contributed by atoms with Gasteiger partial charge in [-0.25, -0.2) is 0 Å². The van der Waals surface area contributed by atoms with Crippen LogP contribution in [0.25, 0.3) is 0 Å². The molecule has 2 heterocycles. The van der Waals surface area contributed by atoms with Gasteiger partial charge in [0.05, 0.1) is 13.0 Å². The van der Waals surface area contributed by atoms with E-state index < -0.39 is 0 Å². The van der Waals surface area contributed by atoms with E-state index in [1.54, 1.807) is 4.90 Å². The molecule has 0 aromatic rings. The lowest BCUT2D eigenvalue weighted by Gasteiger charge is -2.30. The topological polar surface area (TPSA) is 49.4 Å². The Morgan fingerprint density at radius 3 is 2.77 bits per heavy atom. The highest BCUT2D eigenvalue weighted by molar-refractivity contribution is 6.05. The minimum absolute atomic E-state index is 0.0127. The van der Waals surface area contributed by atoms with Gasteiger partial charge in [0, 0.05) is 12.6 Å². The Balaban J connectivity index is 1.99. The first-order valence-corrected chi connectivity index (χ1v) is 4.79. The number of carbonyl (C=O) groups is 2. The first kappa shape index (κ1) is 8.69. The number of nitrogens with one attached hydrogen (secondary N) is 1. The molecule has 72 valence electrons. The molecule has 0 bridgehead atoms. The molecule has 0 radical (unpaired) electrons. The van der Waals surface area contributed by atoms with Crippen LogP contribution in [-0.2, 0) is 9.59 Å². The van der Waals surface area contributed by atoms with Crippen molar-refractivity contribution in [1.82, 2.24) is 10.2 Å². The van der Waals surface area contributed by atoms with Gasteiger partial charge in [-0.3, -0.25) is 9.59 Å². The smallest absolute Gasteiger partial charge is 0.230 e. The molecule has 2 saturated heterocycles. The van der Waals surface area contributed by atoms with Crippen LogP contribution in [-0.4, -0.2) is 42.3 Å². The van der Waals surface area contributed by atoms with Crippen molar-refractivity contribution in [3.63, 3.8) is 0 Å². The molecule has 4 nitrogen and oxygen atoms in total. The molecule has 1 unspecified atom stereocenters. The van der Waals surface area contributed by atoms with Crippen molar-refractivity contribution in [3.8, 4) is 0 Å². The monoisotopic (exact) mass is 182 g/mol. The Morgan fingerprint density at radius 1 is 1.38 bits per heavy atom. The number of nitrogens with zero attached hydrogens (tertiary/aromatic N) is 1. The molecular weight excluding hydrogens is 168 g/mol. The predicted octanol–water partition coefficient (Wildman–Crippen LogP) is -0.460. The summed E-state index contributed by atoms with van der Waals surface area (Å²) in [6.07, 6.45) is 2.26. The van der Waals surface area contributed by atoms with E-state index >= 15 is 0 Å². The van der Waals surface area contributed by atoms with Crippen LogP contribution in [0, 0.1) is 0 Å². The zero-order chi connectivity index (χ0) is 9.26. The second-order valence-corrected chi connectivity index (χ2v) is 3.74. The van der Waals surface area contributed by atoms with E-state index in [9.17, 15) is 9.59 Å². The summed E-state index contributed by atoms with van der Waals surface area (Å²) in [4.78, 5) is 24.1. The van der Waals surface area contributed by atoms with Gasteiger partial charge in [0.25, 0.3) is 0 Å². The van der Waals surface area contributed by atoms with Gasteiger partial charge in [0.15, 0.2) is 5.78 Å². The van der Waals surface area contributed by atoms with E-state index in [0.717, 1.165) is 25.9 Å². The van der Waals surface area contributed by atoms with Crippen molar-refractivity contribution in [1.29, 1.82) is 0 Å². The Labute approximate surface area is 77.3 Å². The molecule has 1 amide bonds. The summed E-state index contributed by atoms with van der Waals surface area (Å²) in [5.74, 6) is 0.0780. The minimum Gasteiger partial charge on any atom is -0.331 e. The number of amides is 1. The third kappa shape index (κ3) is 1.72. The van der Waals surface area contributed by atoms with Crippen molar-refractivity contribution in [2.24, 2.45) is 0 Å². The summed E-state index contributed by atoms with van der Waals surface area (Å²) in [5.41, 5.74) is 0. The van der Waals surface area contributed by atoms with Crippen LogP contribution in [0.1, 0.15) is 19.3 Å². The number of hydrogen-bond acceptors (Lipinski definition) is 3. The fourth-order valence-electron chi connectivity index (χ4n) is 2.04. The molecule has 4 heteroatoms. The Morgan fingerprint density at radius 2 is 2.23 bits per heavy atom. The number of likely N-dealkylation sites (tertiary alicyclic amines) is 1. The maximum Gasteiger partial charge on any atom is 0.230 e. The number of Topliss-reactive ketones (excluding diaryl/α,β-unsaturated/α-hetero) is 1. The van der Waals surface area contributed by atoms with Crippen LogP contribution >= 0.6 is 0 Å². The van der Waals surface area contributed by atoms with Crippen molar-refractivity contribution in [2.45, 2.75) is 25.3 Å². The van der Waals surface area contributed by atoms with Gasteiger partial charge in [-0.05, 0) is 19.4 Å². The third-order valence-electron chi connectivity index (χ3n) is 2.73. The Bertz CT molecular complexity index is 234. The zero-order valence-corrected chi connectivity index (χ0v) is 7.58. The molecule has 0 saturated carbocycles. The van der Waals surface area contributed by atoms with E-state index in [4.69, 9.17) is 0 Å². The third-order valence-corrected chi connectivity index (χ3v) is 2.73. The number of piperidine rings is 1. The minimum atomic E-state index is 0.0127. The molecule has 1 atom stereocenters. The second kappa shape index (κ2) is 3.46. The standard InChI is InChI=1S/C9H14N2O2/c12-8-4-9(13)11(6-8)7-2-1-3-10-5-7/h7,10H,1-6H2. The summed E-state index contributed by atoms with van der Waals surface area (Å²) in [7, 11) is 0. The number of carbonyl (C=O) groups excluding carboxylic acids is 2. The van der Waals surface area contributed by atoms with Crippen molar-refractivity contribution in [3.05, 3.63) is 0 Å². The number of hydrogen-bond donors (Lipinski definition) is 1. The van der Waals surface area contributed by atoms with E-state index in [0.29, 0.717) is 6.54 Å². The lowest BCUT2D eigenvalue weighted by atomic mass is 10.1. The lowest BCUT2D eigenvalue weighted by Crippen LogP contribution is -2.46. The fourth-order valence-corrected chi connectivity index (χ4v) is 2.04. The fraction of sp³-hybridized carbons (Fsp3) is 0.778. The van der Waals surface area contributed by atoms with Crippen LogP contribution in [0.5, 0.6) is 0 Å². The molecule has 0 aromatic heterocycles. The summed E-state index contributed by atoms with van der Waals surface area (Å²) in [6, 6.07) is 0.257. The normalized spacial score (nSPS) is 29.8. The van der Waals surface area contributed by atoms with E-state index in [1.165, 1.54) is 0 Å². The van der Waals surface area contributed by atoms with Crippen LogP contribution < -0.4 is 5.32 Å².